The molecule has 0 aliphatic carbocycles. The third kappa shape index (κ3) is 4.37. The summed E-state index contributed by atoms with van der Waals surface area (Å²) in [5, 5.41) is 0. The van der Waals surface area contributed by atoms with Gasteiger partial charge in [-0.3, -0.25) is 14.5 Å². The molecule has 164 valence electrons. The van der Waals surface area contributed by atoms with Crippen molar-refractivity contribution in [3.05, 3.63) is 59.9 Å². The summed E-state index contributed by atoms with van der Waals surface area (Å²) in [7, 11) is 0. The molecule has 1 fully saturated rings. The fraction of sp³-hybridized carbons (Fsp3) is 0.417. The molecule has 1 aromatic carbocycles. The number of amides is 1. The van der Waals surface area contributed by atoms with Crippen molar-refractivity contribution in [1.29, 1.82) is 0 Å². The Morgan fingerprint density at radius 2 is 1.84 bits per heavy atom. The van der Waals surface area contributed by atoms with E-state index in [1.807, 2.05) is 50.3 Å². The van der Waals surface area contributed by atoms with E-state index < -0.39 is 6.10 Å². The number of carbonyl (C=O) groups is 2. The number of ketones is 1. The Morgan fingerprint density at radius 1 is 1.13 bits per heavy atom. The van der Waals surface area contributed by atoms with Gasteiger partial charge >= 0.3 is 0 Å². The quantitative estimate of drug-likeness (QED) is 0.528. The van der Waals surface area contributed by atoms with Gasteiger partial charge in [-0.25, -0.2) is 0 Å². The number of allylic oxidation sites excluding steroid dienone is 1. The summed E-state index contributed by atoms with van der Waals surface area (Å²) in [6.45, 7) is 11.5. The van der Waals surface area contributed by atoms with Crippen LogP contribution >= 0.6 is 0 Å². The molecule has 31 heavy (non-hydrogen) atoms. The van der Waals surface area contributed by atoms with Crippen LogP contribution in [0.15, 0.2) is 43.0 Å². The Hall–Kier alpha value is -3.06. The summed E-state index contributed by atoms with van der Waals surface area (Å²) in [6.07, 6.45) is 1.21. The number of piperazine rings is 1. The van der Waals surface area contributed by atoms with Gasteiger partial charge in [0.2, 0.25) is 6.10 Å². The normalized spacial score (nSPS) is 18.6. The molecule has 0 saturated carbocycles. The minimum absolute atomic E-state index is 0.0616. The Morgan fingerprint density at radius 3 is 2.55 bits per heavy atom. The number of aromatic nitrogens is 1. The van der Waals surface area contributed by atoms with Crippen LogP contribution in [0.2, 0.25) is 0 Å². The molecule has 3 heterocycles. The maximum Gasteiger partial charge on any atom is 0.267 e. The average molecular weight is 424 g/mol. The highest BCUT2D eigenvalue weighted by Crippen LogP contribution is 2.31. The molecule has 1 atom stereocenters. The van der Waals surface area contributed by atoms with E-state index in [0.29, 0.717) is 50.8 Å². The zero-order valence-electron chi connectivity index (χ0n) is 18.2. The van der Waals surface area contributed by atoms with E-state index in [9.17, 15) is 9.59 Å². The molecule has 0 spiro atoms. The molecule has 1 saturated heterocycles. The van der Waals surface area contributed by atoms with Gasteiger partial charge in [0.25, 0.3) is 5.91 Å². The molecule has 0 bridgehead atoms. The van der Waals surface area contributed by atoms with Gasteiger partial charge < -0.3 is 18.9 Å². The topological polar surface area (TPSA) is 64.0 Å². The first kappa shape index (κ1) is 21.2. The highest BCUT2D eigenvalue weighted by Gasteiger charge is 2.33. The Kier molecular flexibility index (Phi) is 6.13. The lowest BCUT2D eigenvalue weighted by atomic mass is 10.1. The summed E-state index contributed by atoms with van der Waals surface area (Å²) in [5.41, 5.74) is 2.81. The highest BCUT2D eigenvalue weighted by molar-refractivity contribution is 5.99. The van der Waals surface area contributed by atoms with Crippen LogP contribution in [0.1, 0.15) is 21.7 Å². The largest absolute Gasteiger partial charge is 0.485 e. The van der Waals surface area contributed by atoms with Crippen LogP contribution in [0.5, 0.6) is 11.5 Å². The molecule has 1 amide bonds. The Bertz CT molecular complexity index is 989. The number of Topliss-reactive ketones (excluding diaryl/α,β-unsaturated/α-hetero) is 1. The fourth-order valence-corrected chi connectivity index (χ4v) is 4.25. The second kappa shape index (κ2) is 8.98. The number of nitrogens with zero attached hydrogens (tertiary/aromatic N) is 3. The van der Waals surface area contributed by atoms with Gasteiger partial charge in [0.15, 0.2) is 17.3 Å². The van der Waals surface area contributed by atoms with E-state index >= 15 is 0 Å². The van der Waals surface area contributed by atoms with E-state index in [1.165, 1.54) is 0 Å². The summed E-state index contributed by atoms with van der Waals surface area (Å²) < 4.78 is 13.6. The molecule has 7 heteroatoms. The van der Waals surface area contributed by atoms with Crippen LogP contribution in [0, 0.1) is 13.8 Å². The molecule has 0 unspecified atom stereocenters. The molecule has 1 aromatic heterocycles. The van der Waals surface area contributed by atoms with Crippen LogP contribution in [0.4, 0.5) is 0 Å². The summed E-state index contributed by atoms with van der Waals surface area (Å²) in [4.78, 5) is 29.7. The number of para-hydroxylation sites is 2. The lowest BCUT2D eigenvalue weighted by molar-refractivity contribution is -0.142. The monoisotopic (exact) mass is 423 g/mol. The third-order valence-electron chi connectivity index (χ3n) is 6.02. The lowest BCUT2D eigenvalue weighted by Crippen LogP contribution is -2.54. The number of hydrogen-bond donors (Lipinski definition) is 0. The number of carbonyl (C=O) groups excluding carboxylic acids is 2. The van der Waals surface area contributed by atoms with Crippen molar-refractivity contribution >= 4 is 11.7 Å². The van der Waals surface area contributed by atoms with Crippen LogP contribution in [0.25, 0.3) is 0 Å². The second-order valence-electron chi connectivity index (χ2n) is 8.07. The molecule has 2 aliphatic heterocycles. The van der Waals surface area contributed by atoms with Crippen molar-refractivity contribution in [2.45, 2.75) is 26.5 Å². The van der Waals surface area contributed by atoms with E-state index in [2.05, 4.69) is 16.0 Å². The first-order valence-corrected chi connectivity index (χ1v) is 10.7. The van der Waals surface area contributed by atoms with Crippen LogP contribution in [-0.2, 0) is 11.3 Å². The molecule has 0 N–H and O–H groups in total. The average Bonchev–Trinajstić information content (AvgIpc) is 3.07. The van der Waals surface area contributed by atoms with E-state index in [0.717, 1.165) is 17.0 Å². The van der Waals surface area contributed by atoms with Gasteiger partial charge in [-0.2, -0.15) is 0 Å². The number of benzene rings is 1. The zero-order chi connectivity index (χ0) is 22.0. The Labute approximate surface area is 182 Å². The van der Waals surface area contributed by atoms with Crippen molar-refractivity contribution in [3.8, 4) is 11.5 Å². The van der Waals surface area contributed by atoms with Gasteiger partial charge in [0.1, 0.15) is 6.61 Å². The molecule has 2 aromatic rings. The fourth-order valence-electron chi connectivity index (χ4n) is 4.25. The number of fused-ring (bicyclic) bond motifs is 1. The minimum atomic E-state index is -0.627. The van der Waals surface area contributed by atoms with E-state index in [-0.39, 0.29) is 18.3 Å². The van der Waals surface area contributed by atoms with Gasteiger partial charge in [-0.1, -0.05) is 18.2 Å². The third-order valence-corrected chi connectivity index (χ3v) is 6.02. The predicted octanol–water partition coefficient (Wildman–Crippen LogP) is 2.46. The van der Waals surface area contributed by atoms with Crippen molar-refractivity contribution in [1.82, 2.24) is 14.4 Å². The van der Waals surface area contributed by atoms with Crippen molar-refractivity contribution in [2.24, 2.45) is 0 Å². The summed E-state index contributed by atoms with van der Waals surface area (Å²) >= 11 is 0. The lowest BCUT2D eigenvalue weighted by Gasteiger charge is -2.36. The van der Waals surface area contributed by atoms with Crippen LogP contribution < -0.4 is 9.47 Å². The van der Waals surface area contributed by atoms with Crippen LogP contribution in [0.3, 0.4) is 0 Å². The van der Waals surface area contributed by atoms with Gasteiger partial charge in [-0.05, 0) is 32.0 Å². The predicted molar refractivity (Wildman–Crippen MR) is 118 cm³/mol. The van der Waals surface area contributed by atoms with Gasteiger partial charge in [-0.15, -0.1) is 6.58 Å². The number of aryl methyl sites for hydroxylation is 1. The van der Waals surface area contributed by atoms with Crippen molar-refractivity contribution < 1.29 is 19.1 Å². The second-order valence-corrected chi connectivity index (χ2v) is 8.07. The van der Waals surface area contributed by atoms with Gasteiger partial charge in [0, 0.05) is 49.7 Å². The van der Waals surface area contributed by atoms with Crippen LogP contribution in [-0.4, -0.2) is 71.5 Å². The molecule has 4 rings (SSSR count). The molecular formula is C24H29N3O4. The first-order valence-electron chi connectivity index (χ1n) is 10.7. The zero-order valence-corrected chi connectivity index (χ0v) is 18.2. The maximum absolute atomic E-state index is 12.9. The highest BCUT2D eigenvalue weighted by atomic mass is 16.6. The first-order chi connectivity index (χ1) is 15.0. The van der Waals surface area contributed by atoms with E-state index in [4.69, 9.17) is 9.47 Å². The number of ether oxygens (including phenoxy) is 2. The van der Waals surface area contributed by atoms with Gasteiger partial charge in [0.05, 0.1) is 6.54 Å². The molecule has 0 radical (unpaired) electrons. The summed E-state index contributed by atoms with van der Waals surface area (Å²) in [6, 6.07) is 9.34. The Balaban J connectivity index is 1.31. The molecule has 2 aliphatic rings. The standard InChI is InChI=1S/C24H29N3O4/c1-4-9-27-17(2)14-19(18(27)3)20(28)15-25-10-12-26(13-11-25)24(29)23-16-30-21-7-5-6-8-22(21)31-23/h4-8,14,23H,1,9-13,15-16H2,2-3H3/t23-/m1/s1. The maximum atomic E-state index is 12.9. The smallest absolute Gasteiger partial charge is 0.267 e. The van der Waals surface area contributed by atoms with Crippen molar-refractivity contribution in [2.75, 3.05) is 39.3 Å². The minimum Gasteiger partial charge on any atom is -0.485 e. The number of hydrogen-bond acceptors (Lipinski definition) is 5. The molecular weight excluding hydrogens is 394 g/mol. The number of rotatable bonds is 6. The van der Waals surface area contributed by atoms with Crippen molar-refractivity contribution in [3.63, 3.8) is 0 Å². The van der Waals surface area contributed by atoms with E-state index in [1.54, 1.807) is 4.90 Å². The molecule has 7 nitrogen and oxygen atoms in total. The SMILES string of the molecule is C=CCn1c(C)cc(C(=O)CN2CCN(C(=O)[C@H]3COc4ccccc4O3)CC2)c1C. The summed E-state index contributed by atoms with van der Waals surface area (Å²) in [5.74, 6) is 1.32.